The van der Waals surface area contributed by atoms with Crippen molar-refractivity contribution in [1.82, 2.24) is 4.90 Å². The van der Waals surface area contributed by atoms with Gasteiger partial charge in [-0.15, -0.1) is 0 Å². The Labute approximate surface area is 108 Å². The summed E-state index contributed by atoms with van der Waals surface area (Å²) in [4.78, 5) is 34.5. The third kappa shape index (κ3) is 3.95. The molecule has 0 saturated carbocycles. The molecule has 19 heavy (non-hydrogen) atoms. The molecule has 0 aliphatic heterocycles. The molecule has 8 heteroatoms. The zero-order valence-corrected chi connectivity index (χ0v) is 9.93. The van der Waals surface area contributed by atoms with E-state index in [1.54, 1.807) is 0 Å². The summed E-state index contributed by atoms with van der Waals surface area (Å²) < 4.78 is 13.0. The van der Waals surface area contributed by atoms with Gasteiger partial charge in [0.05, 0.1) is 5.69 Å². The van der Waals surface area contributed by atoms with Crippen molar-refractivity contribution < 1.29 is 18.8 Å². The van der Waals surface area contributed by atoms with Crippen LogP contribution in [0.2, 0.25) is 0 Å². The Morgan fingerprint density at radius 1 is 1.11 bits per heavy atom. The third-order valence-electron chi connectivity index (χ3n) is 2.22. The average Bonchev–Trinajstić information content (AvgIpc) is 2.29. The highest BCUT2D eigenvalue weighted by Gasteiger charge is 2.20. The number of nitrogens with two attached hydrogens (primary N) is 3. The molecule has 7 nitrogen and oxygen atoms in total. The van der Waals surface area contributed by atoms with Crippen LogP contribution in [0.5, 0.6) is 0 Å². The number of carbonyl (C=O) groups excluding carboxylic acids is 3. The number of anilines is 1. The van der Waals surface area contributed by atoms with Crippen LogP contribution >= 0.6 is 0 Å². The first-order chi connectivity index (χ1) is 8.81. The molecule has 0 bridgehead atoms. The maximum atomic E-state index is 13.0. The summed E-state index contributed by atoms with van der Waals surface area (Å²) in [6.07, 6.45) is 0. The van der Waals surface area contributed by atoms with Crippen molar-refractivity contribution in [2.24, 2.45) is 11.5 Å². The van der Waals surface area contributed by atoms with Crippen molar-refractivity contribution in [2.75, 3.05) is 18.8 Å². The van der Waals surface area contributed by atoms with E-state index in [-0.39, 0.29) is 11.3 Å². The van der Waals surface area contributed by atoms with Crippen molar-refractivity contribution in [3.63, 3.8) is 0 Å². The second-order valence-corrected chi connectivity index (χ2v) is 3.83. The molecule has 1 aromatic carbocycles. The van der Waals surface area contributed by atoms with Gasteiger partial charge in [-0.25, -0.2) is 4.39 Å². The lowest BCUT2D eigenvalue weighted by atomic mass is 10.1. The zero-order chi connectivity index (χ0) is 14.6. The minimum Gasteiger partial charge on any atom is -0.396 e. The van der Waals surface area contributed by atoms with Gasteiger partial charge in [0.1, 0.15) is 18.9 Å². The second-order valence-electron chi connectivity index (χ2n) is 3.83. The molecule has 0 aromatic heterocycles. The predicted molar refractivity (Wildman–Crippen MR) is 65.1 cm³/mol. The summed E-state index contributed by atoms with van der Waals surface area (Å²) in [6.45, 7) is -0.946. The molecule has 0 spiro atoms. The highest BCUT2D eigenvalue weighted by Crippen LogP contribution is 2.14. The molecule has 0 aliphatic rings. The fourth-order valence-corrected chi connectivity index (χ4v) is 1.44. The molecule has 0 aliphatic carbocycles. The van der Waals surface area contributed by atoms with Gasteiger partial charge in [0.25, 0.3) is 5.91 Å². The molecule has 0 radical (unpaired) electrons. The molecule has 0 fully saturated rings. The summed E-state index contributed by atoms with van der Waals surface area (Å²) in [5.41, 5.74) is 15.1. The maximum absolute atomic E-state index is 13.0. The Morgan fingerprint density at radius 3 is 2.05 bits per heavy atom. The van der Waals surface area contributed by atoms with E-state index in [0.717, 1.165) is 17.0 Å². The van der Waals surface area contributed by atoms with E-state index in [1.165, 1.54) is 6.07 Å². The smallest absolute Gasteiger partial charge is 0.254 e. The minimum absolute atomic E-state index is 0.0291. The lowest BCUT2D eigenvalue weighted by molar-refractivity contribution is -0.121. The van der Waals surface area contributed by atoms with Crippen LogP contribution in [0.15, 0.2) is 18.2 Å². The summed E-state index contributed by atoms with van der Waals surface area (Å²) in [5.74, 6) is -2.97. The number of hydrogen-bond donors (Lipinski definition) is 3. The fraction of sp³-hybridized carbons (Fsp3) is 0.182. The van der Waals surface area contributed by atoms with Crippen LogP contribution in [-0.2, 0) is 9.59 Å². The monoisotopic (exact) mass is 268 g/mol. The van der Waals surface area contributed by atoms with Gasteiger partial charge >= 0.3 is 0 Å². The van der Waals surface area contributed by atoms with Crippen molar-refractivity contribution in [3.05, 3.63) is 29.6 Å². The predicted octanol–water partition coefficient (Wildman–Crippen LogP) is -1.18. The molecular formula is C11H13FN4O3. The molecule has 0 heterocycles. The highest BCUT2D eigenvalue weighted by atomic mass is 19.1. The first-order valence-corrected chi connectivity index (χ1v) is 5.22. The molecule has 3 amide bonds. The standard InChI is InChI=1S/C11H13FN4O3/c12-7-2-1-6(3-8(7)13)11(19)16(4-9(14)17)5-10(15)18/h1-3H,4-5,13H2,(H2,14,17)(H2,15,18). The molecule has 102 valence electrons. The van der Waals surface area contributed by atoms with Crippen molar-refractivity contribution in [1.29, 1.82) is 0 Å². The van der Waals surface area contributed by atoms with Gasteiger partial charge in [-0.05, 0) is 18.2 Å². The third-order valence-corrected chi connectivity index (χ3v) is 2.22. The van der Waals surface area contributed by atoms with Crippen LogP contribution in [0.1, 0.15) is 10.4 Å². The van der Waals surface area contributed by atoms with Gasteiger partial charge in [0.15, 0.2) is 0 Å². The van der Waals surface area contributed by atoms with Crippen molar-refractivity contribution in [3.8, 4) is 0 Å². The summed E-state index contributed by atoms with van der Waals surface area (Å²) in [7, 11) is 0. The summed E-state index contributed by atoms with van der Waals surface area (Å²) in [6, 6.07) is 3.30. The second kappa shape index (κ2) is 5.80. The Morgan fingerprint density at radius 2 is 1.63 bits per heavy atom. The number of nitrogen functional groups attached to an aromatic ring is 1. The van der Waals surface area contributed by atoms with Gasteiger partial charge in [-0.1, -0.05) is 0 Å². The minimum atomic E-state index is -0.801. The quantitative estimate of drug-likeness (QED) is 0.580. The van der Waals surface area contributed by atoms with Gasteiger partial charge < -0.3 is 22.1 Å². The zero-order valence-electron chi connectivity index (χ0n) is 9.93. The Balaban J connectivity index is 3.00. The van der Waals surface area contributed by atoms with Gasteiger partial charge in [0.2, 0.25) is 11.8 Å². The number of halogens is 1. The average molecular weight is 268 g/mol. The molecule has 0 saturated heterocycles. The van der Waals surface area contributed by atoms with Crippen molar-refractivity contribution >= 4 is 23.4 Å². The topological polar surface area (TPSA) is 133 Å². The van der Waals surface area contributed by atoms with Crippen LogP contribution in [0, 0.1) is 5.82 Å². The Hall–Kier alpha value is -2.64. The molecular weight excluding hydrogens is 255 g/mol. The maximum Gasteiger partial charge on any atom is 0.254 e. The molecule has 1 rings (SSSR count). The SMILES string of the molecule is NC(=O)CN(CC(N)=O)C(=O)c1ccc(F)c(N)c1. The first kappa shape index (κ1) is 14.4. The van der Waals surface area contributed by atoms with Crippen molar-refractivity contribution in [2.45, 2.75) is 0 Å². The van der Waals surface area contributed by atoms with E-state index in [2.05, 4.69) is 0 Å². The molecule has 0 atom stereocenters. The van der Waals surface area contributed by atoms with E-state index in [9.17, 15) is 18.8 Å². The summed E-state index contributed by atoms with van der Waals surface area (Å²) >= 11 is 0. The number of primary amides is 2. The van der Waals surface area contributed by atoms with E-state index >= 15 is 0 Å². The number of hydrogen-bond acceptors (Lipinski definition) is 4. The normalized spacial score (nSPS) is 9.95. The lowest BCUT2D eigenvalue weighted by Gasteiger charge is -2.19. The molecule has 0 unspecified atom stereocenters. The lowest BCUT2D eigenvalue weighted by Crippen LogP contribution is -2.43. The number of rotatable bonds is 5. The fourth-order valence-electron chi connectivity index (χ4n) is 1.44. The number of carbonyl (C=O) groups is 3. The van der Waals surface area contributed by atoms with Crippen LogP contribution in [0.25, 0.3) is 0 Å². The van der Waals surface area contributed by atoms with Gasteiger partial charge in [0, 0.05) is 5.56 Å². The van der Waals surface area contributed by atoms with E-state index in [4.69, 9.17) is 17.2 Å². The van der Waals surface area contributed by atoms with E-state index in [1.807, 2.05) is 0 Å². The van der Waals surface area contributed by atoms with Crippen LogP contribution in [-0.4, -0.2) is 35.7 Å². The summed E-state index contributed by atoms with van der Waals surface area (Å²) in [5, 5.41) is 0. The largest absolute Gasteiger partial charge is 0.396 e. The van der Waals surface area contributed by atoms with Crippen LogP contribution in [0.4, 0.5) is 10.1 Å². The Bertz CT molecular complexity index is 517. The van der Waals surface area contributed by atoms with Crippen LogP contribution in [0.3, 0.4) is 0 Å². The number of benzene rings is 1. The van der Waals surface area contributed by atoms with E-state index in [0.29, 0.717) is 0 Å². The Kier molecular flexibility index (Phi) is 4.41. The number of amides is 3. The van der Waals surface area contributed by atoms with Gasteiger partial charge in [-0.2, -0.15) is 0 Å². The number of nitrogens with zero attached hydrogens (tertiary/aromatic N) is 1. The highest BCUT2D eigenvalue weighted by molar-refractivity contribution is 5.99. The van der Waals surface area contributed by atoms with Gasteiger partial charge in [-0.3, -0.25) is 14.4 Å². The molecule has 1 aromatic rings. The van der Waals surface area contributed by atoms with E-state index < -0.39 is 36.6 Å². The molecule has 6 N–H and O–H groups in total. The first-order valence-electron chi connectivity index (χ1n) is 5.22. The van der Waals surface area contributed by atoms with Crippen LogP contribution < -0.4 is 17.2 Å².